The van der Waals surface area contributed by atoms with Crippen LogP contribution in [0.25, 0.3) is 0 Å². The van der Waals surface area contributed by atoms with Gasteiger partial charge in [0.2, 0.25) is 12.1 Å². The SMILES string of the molecule is O=C1CCCN1C1CC(c2ccccc2Cl)=NO1. The maximum atomic E-state index is 11.6. The van der Waals surface area contributed by atoms with Gasteiger partial charge in [-0.3, -0.25) is 4.79 Å². The van der Waals surface area contributed by atoms with Crippen molar-refractivity contribution in [1.82, 2.24) is 4.90 Å². The molecule has 0 aliphatic carbocycles. The maximum absolute atomic E-state index is 11.6. The smallest absolute Gasteiger partial charge is 0.225 e. The number of carbonyl (C=O) groups excluding carboxylic acids is 1. The quantitative estimate of drug-likeness (QED) is 0.823. The Morgan fingerprint density at radius 2 is 2.22 bits per heavy atom. The monoisotopic (exact) mass is 264 g/mol. The molecule has 0 N–H and O–H groups in total. The van der Waals surface area contributed by atoms with Crippen molar-refractivity contribution in [2.45, 2.75) is 25.5 Å². The van der Waals surface area contributed by atoms with Crippen molar-refractivity contribution in [3.8, 4) is 0 Å². The molecule has 94 valence electrons. The summed E-state index contributed by atoms with van der Waals surface area (Å²) in [6.07, 6.45) is 1.86. The van der Waals surface area contributed by atoms with Gasteiger partial charge in [-0.15, -0.1) is 0 Å². The summed E-state index contributed by atoms with van der Waals surface area (Å²) in [7, 11) is 0. The number of benzene rings is 1. The Kier molecular flexibility index (Phi) is 2.96. The van der Waals surface area contributed by atoms with Crippen LogP contribution in [0.5, 0.6) is 0 Å². The predicted molar refractivity (Wildman–Crippen MR) is 68.4 cm³/mol. The van der Waals surface area contributed by atoms with Crippen LogP contribution in [0.15, 0.2) is 29.4 Å². The third-order valence-electron chi connectivity index (χ3n) is 3.29. The lowest BCUT2D eigenvalue weighted by Gasteiger charge is -2.20. The number of halogens is 1. The van der Waals surface area contributed by atoms with Crippen molar-refractivity contribution in [2.75, 3.05) is 6.54 Å². The largest absolute Gasteiger partial charge is 0.370 e. The van der Waals surface area contributed by atoms with Crippen LogP contribution in [0.1, 0.15) is 24.8 Å². The summed E-state index contributed by atoms with van der Waals surface area (Å²) in [4.78, 5) is 18.8. The Labute approximate surface area is 110 Å². The first-order valence-electron chi connectivity index (χ1n) is 6.03. The Balaban J connectivity index is 1.75. The molecule has 0 saturated carbocycles. The molecule has 1 atom stereocenters. The van der Waals surface area contributed by atoms with Crippen molar-refractivity contribution in [3.63, 3.8) is 0 Å². The molecule has 1 amide bonds. The fourth-order valence-corrected chi connectivity index (χ4v) is 2.60. The summed E-state index contributed by atoms with van der Waals surface area (Å²) in [5, 5.41) is 4.73. The number of rotatable bonds is 2. The van der Waals surface area contributed by atoms with Crippen LogP contribution in [-0.4, -0.2) is 29.3 Å². The molecule has 0 radical (unpaired) electrons. The minimum Gasteiger partial charge on any atom is -0.370 e. The van der Waals surface area contributed by atoms with Gasteiger partial charge < -0.3 is 9.74 Å². The van der Waals surface area contributed by atoms with Crippen LogP contribution >= 0.6 is 11.6 Å². The number of nitrogens with zero attached hydrogens (tertiary/aromatic N) is 2. The topological polar surface area (TPSA) is 41.9 Å². The van der Waals surface area contributed by atoms with E-state index in [1.54, 1.807) is 4.90 Å². The Bertz CT molecular complexity index is 515. The van der Waals surface area contributed by atoms with E-state index in [-0.39, 0.29) is 12.1 Å². The Hall–Kier alpha value is -1.55. The van der Waals surface area contributed by atoms with Crippen LogP contribution in [-0.2, 0) is 9.63 Å². The van der Waals surface area contributed by atoms with Crippen molar-refractivity contribution in [2.24, 2.45) is 5.16 Å². The summed E-state index contributed by atoms with van der Waals surface area (Å²) < 4.78 is 0. The molecule has 1 aromatic carbocycles. The third kappa shape index (κ3) is 1.97. The molecule has 0 bridgehead atoms. The van der Waals surface area contributed by atoms with Gasteiger partial charge in [0.25, 0.3) is 0 Å². The number of hydrogen-bond acceptors (Lipinski definition) is 3. The highest BCUT2D eigenvalue weighted by molar-refractivity contribution is 6.34. The Morgan fingerprint density at radius 1 is 1.39 bits per heavy atom. The lowest BCUT2D eigenvalue weighted by molar-refractivity contribution is -0.138. The van der Waals surface area contributed by atoms with Gasteiger partial charge in [0.1, 0.15) is 0 Å². The molecular weight excluding hydrogens is 252 g/mol. The van der Waals surface area contributed by atoms with Gasteiger partial charge in [0.05, 0.1) is 12.1 Å². The summed E-state index contributed by atoms with van der Waals surface area (Å²) >= 11 is 6.12. The predicted octanol–water partition coefficient (Wildman–Crippen LogP) is 2.41. The number of likely N-dealkylation sites (tertiary alicyclic amines) is 1. The molecule has 0 spiro atoms. The van der Waals surface area contributed by atoms with E-state index in [1.165, 1.54) is 0 Å². The molecule has 4 nitrogen and oxygen atoms in total. The van der Waals surface area contributed by atoms with Gasteiger partial charge in [0, 0.05) is 23.6 Å². The van der Waals surface area contributed by atoms with Gasteiger partial charge in [-0.2, -0.15) is 0 Å². The molecule has 2 heterocycles. The van der Waals surface area contributed by atoms with Crippen molar-refractivity contribution in [3.05, 3.63) is 34.9 Å². The van der Waals surface area contributed by atoms with E-state index in [0.29, 0.717) is 17.9 Å². The molecule has 1 saturated heterocycles. The molecule has 1 unspecified atom stereocenters. The van der Waals surface area contributed by atoms with Crippen molar-refractivity contribution in [1.29, 1.82) is 0 Å². The molecule has 1 aromatic rings. The van der Waals surface area contributed by atoms with Gasteiger partial charge in [0.15, 0.2) is 0 Å². The lowest BCUT2D eigenvalue weighted by atomic mass is 10.1. The first-order valence-corrected chi connectivity index (χ1v) is 6.40. The van der Waals surface area contributed by atoms with E-state index < -0.39 is 0 Å². The highest BCUT2D eigenvalue weighted by atomic mass is 35.5. The van der Waals surface area contributed by atoms with E-state index in [4.69, 9.17) is 16.4 Å². The van der Waals surface area contributed by atoms with E-state index in [1.807, 2.05) is 24.3 Å². The molecule has 3 rings (SSSR count). The number of amides is 1. The zero-order valence-electron chi connectivity index (χ0n) is 9.80. The van der Waals surface area contributed by atoms with Crippen molar-refractivity contribution >= 4 is 23.2 Å². The standard InChI is InChI=1S/C13H13ClN2O2/c14-10-5-2-1-4-9(10)11-8-13(18-15-11)16-7-3-6-12(16)17/h1-2,4-5,13H,3,6-8H2. The maximum Gasteiger partial charge on any atom is 0.225 e. The minimum atomic E-state index is -0.258. The summed E-state index contributed by atoms with van der Waals surface area (Å²) in [5.41, 5.74) is 1.69. The zero-order valence-corrected chi connectivity index (χ0v) is 10.6. The van der Waals surface area contributed by atoms with Gasteiger partial charge in [-0.1, -0.05) is 35.0 Å². The normalized spacial score (nSPS) is 23.2. The number of oxime groups is 1. The van der Waals surface area contributed by atoms with Crippen LogP contribution in [0.4, 0.5) is 0 Å². The second-order valence-corrected chi connectivity index (χ2v) is 4.88. The molecule has 2 aliphatic heterocycles. The van der Waals surface area contributed by atoms with E-state index in [9.17, 15) is 4.79 Å². The first kappa shape index (κ1) is 11.5. The molecule has 5 heteroatoms. The van der Waals surface area contributed by atoms with Gasteiger partial charge in [-0.25, -0.2) is 0 Å². The second-order valence-electron chi connectivity index (χ2n) is 4.47. The molecule has 18 heavy (non-hydrogen) atoms. The molecular formula is C13H13ClN2O2. The van der Waals surface area contributed by atoms with Crippen LogP contribution in [0, 0.1) is 0 Å². The fraction of sp³-hybridized carbons (Fsp3) is 0.385. The van der Waals surface area contributed by atoms with E-state index in [0.717, 1.165) is 24.2 Å². The third-order valence-corrected chi connectivity index (χ3v) is 3.62. The van der Waals surface area contributed by atoms with Crippen LogP contribution in [0.2, 0.25) is 5.02 Å². The summed E-state index contributed by atoms with van der Waals surface area (Å²) in [6, 6.07) is 7.54. The fourth-order valence-electron chi connectivity index (χ4n) is 2.36. The van der Waals surface area contributed by atoms with Gasteiger partial charge in [-0.05, 0) is 12.5 Å². The van der Waals surface area contributed by atoms with E-state index in [2.05, 4.69) is 5.16 Å². The first-order chi connectivity index (χ1) is 8.75. The average molecular weight is 265 g/mol. The minimum absolute atomic E-state index is 0.149. The lowest BCUT2D eigenvalue weighted by Crippen LogP contribution is -2.36. The molecule has 0 aromatic heterocycles. The highest BCUT2D eigenvalue weighted by Crippen LogP contribution is 2.26. The van der Waals surface area contributed by atoms with Crippen molar-refractivity contribution < 1.29 is 9.63 Å². The number of hydrogen-bond donors (Lipinski definition) is 0. The highest BCUT2D eigenvalue weighted by Gasteiger charge is 2.34. The van der Waals surface area contributed by atoms with Crippen LogP contribution in [0.3, 0.4) is 0 Å². The Morgan fingerprint density at radius 3 is 2.94 bits per heavy atom. The number of carbonyl (C=O) groups is 1. The molecule has 2 aliphatic rings. The van der Waals surface area contributed by atoms with Crippen LogP contribution < -0.4 is 0 Å². The van der Waals surface area contributed by atoms with E-state index >= 15 is 0 Å². The van der Waals surface area contributed by atoms with Gasteiger partial charge >= 0.3 is 0 Å². The second kappa shape index (κ2) is 4.61. The zero-order chi connectivity index (χ0) is 12.5. The summed E-state index contributed by atoms with van der Waals surface area (Å²) in [6.45, 7) is 0.759. The average Bonchev–Trinajstić information content (AvgIpc) is 2.98. The molecule has 1 fully saturated rings. The summed E-state index contributed by atoms with van der Waals surface area (Å²) in [5.74, 6) is 0.149.